The first-order valence-corrected chi connectivity index (χ1v) is 6.23. The molecule has 0 radical (unpaired) electrons. The van der Waals surface area contributed by atoms with Gasteiger partial charge in [-0.2, -0.15) is 0 Å². The third-order valence-electron chi connectivity index (χ3n) is 2.74. The van der Waals surface area contributed by atoms with Gasteiger partial charge in [0.2, 0.25) is 0 Å². The number of halogens is 2. The molecule has 4 nitrogen and oxygen atoms in total. The van der Waals surface area contributed by atoms with Crippen LogP contribution in [-0.2, 0) is 6.54 Å². The van der Waals surface area contributed by atoms with Crippen molar-refractivity contribution in [2.75, 3.05) is 41.4 Å². The average molecular weight is 325 g/mol. The van der Waals surface area contributed by atoms with Crippen LogP contribution in [0.4, 0.5) is 0 Å². The Labute approximate surface area is 134 Å². The first-order valence-electron chi connectivity index (χ1n) is 6.23. The third-order valence-corrected chi connectivity index (χ3v) is 2.74. The summed E-state index contributed by atoms with van der Waals surface area (Å²) in [6, 6.07) is 6.01. The highest BCUT2D eigenvalue weighted by Gasteiger charge is 2.03. The second-order valence-electron chi connectivity index (χ2n) is 4.52. The summed E-state index contributed by atoms with van der Waals surface area (Å²) in [7, 11) is 7.49. The van der Waals surface area contributed by atoms with E-state index in [1.807, 2.05) is 12.1 Å². The number of rotatable bonds is 8. The molecule has 0 saturated heterocycles. The Kier molecular flexibility index (Phi) is 13.1. The van der Waals surface area contributed by atoms with Crippen LogP contribution >= 0.6 is 24.8 Å². The second-order valence-corrected chi connectivity index (χ2v) is 4.52. The van der Waals surface area contributed by atoms with Gasteiger partial charge in [0, 0.05) is 6.54 Å². The van der Waals surface area contributed by atoms with Crippen molar-refractivity contribution >= 4 is 24.8 Å². The summed E-state index contributed by atoms with van der Waals surface area (Å²) in [5, 5.41) is 3.42. The highest BCUT2D eigenvalue weighted by molar-refractivity contribution is 5.85. The molecule has 0 spiro atoms. The highest BCUT2D eigenvalue weighted by atomic mass is 35.5. The number of benzene rings is 1. The molecule has 0 atom stereocenters. The SMILES string of the molecule is COc1ccc(CNCCCN(C)C)cc1OC.Cl.Cl. The van der Waals surface area contributed by atoms with Gasteiger partial charge in [0.25, 0.3) is 0 Å². The number of nitrogens with one attached hydrogen (secondary N) is 1. The summed E-state index contributed by atoms with van der Waals surface area (Å²) in [4.78, 5) is 2.19. The molecule has 1 rings (SSSR count). The fourth-order valence-electron chi connectivity index (χ4n) is 1.74. The van der Waals surface area contributed by atoms with Gasteiger partial charge < -0.3 is 19.7 Å². The zero-order valence-corrected chi connectivity index (χ0v) is 14.3. The lowest BCUT2D eigenvalue weighted by Crippen LogP contribution is -2.21. The van der Waals surface area contributed by atoms with E-state index in [0.29, 0.717) is 0 Å². The normalized spacial score (nSPS) is 9.65. The molecular formula is C14H26Cl2N2O2. The van der Waals surface area contributed by atoms with E-state index in [0.717, 1.165) is 37.6 Å². The van der Waals surface area contributed by atoms with E-state index in [-0.39, 0.29) is 24.8 Å². The maximum Gasteiger partial charge on any atom is 0.161 e. The average Bonchev–Trinajstić information content (AvgIpc) is 2.37. The number of nitrogens with zero attached hydrogens (tertiary/aromatic N) is 1. The standard InChI is InChI=1S/C14H24N2O2.2ClH/c1-16(2)9-5-8-15-11-12-6-7-13(17-3)14(10-12)18-4;;/h6-7,10,15H,5,8-9,11H2,1-4H3;2*1H. The van der Waals surface area contributed by atoms with Gasteiger partial charge in [0.1, 0.15) is 0 Å². The molecule has 118 valence electrons. The molecule has 20 heavy (non-hydrogen) atoms. The Morgan fingerprint density at radius 2 is 1.70 bits per heavy atom. The molecule has 1 aromatic rings. The monoisotopic (exact) mass is 324 g/mol. The third kappa shape index (κ3) is 7.80. The Morgan fingerprint density at radius 3 is 2.25 bits per heavy atom. The van der Waals surface area contributed by atoms with Crippen LogP contribution in [-0.4, -0.2) is 46.3 Å². The Balaban J connectivity index is 0. The number of hydrogen-bond donors (Lipinski definition) is 1. The first-order chi connectivity index (χ1) is 8.67. The Morgan fingerprint density at radius 1 is 1.05 bits per heavy atom. The van der Waals surface area contributed by atoms with E-state index in [1.54, 1.807) is 14.2 Å². The largest absolute Gasteiger partial charge is 0.493 e. The molecule has 0 saturated carbocycles. The van der Waals surface area contributed by atoms with Crippen molar-refractivity contribution in [3.8, 4) is 11.5 Å². The molecule has 0 aromatic heterocycles. The minimum atomic E-state index is 0. The molecule has 0 bridgehead atoms. The van der Waals surface area contributed by atoms with Crippen molar-refractivity contribution < 1.29 is 9.47 Å². The zero-order chi connectivity index (χ0) is 13.4. The first kappa shape index (κ1) is 21.6. The molecule has 6 heteroatoms. The smallest absolute Gasteiger partial charge is 0.161 e. The van der Waals surface area contributed by atoms with Crippen molar-refractivity contribution in [2.45, 2.75) is 13.0 Å². The number of hydrogen-bond acceptors (Lipinski definition) is 4. The van der Waals surface area contributed by atoms with Crippen molar-refractivity contribution in [1.82, 2.24) is 10.2 Å². The summed E-state index contributed by atoms with van der Waals surface area (Å²) >= 11 is 0. The van der Waals surface area contributed by atoms with Gasteiger partial charge in [-0.05, 0) is 51.3 Å². The predicted octanol–water partition coefficient (Wildman–Crippen LogP) is 2.59. The molecule has 0 heterocycles. The van der Waals surface area contributed by atoms with E-state index < -0.39 is 0 Å². The summed E-state index contributed by atoms with van der Waals surface area (Å²) in [6.07, 6.45) is 1.15. The highest BCUT2D eigenvalue weighted by Crippen LogP contribution is 2.27. The van der Waals surface area contributed by atoms with E-state index in [1.165, 1.54) is 5.56 Å². The number of ether oxygens (including phenoxy) is 2. The Hall–Kier alpha value is -0.680. The quantitative estimate of drug-likeness (QED) is 0.745. The van der Waals surface area contributed by atoms with Crippen LogP contribution in [0.25, 0.3) is 0 Å². The summed E-state index contributed by atoms with van der Waals surface area (Å²) < 4.78 is 10.5. The van der Waals surface area contributed by atoms with Gasteiger partial charge in [-0.3, -0.25) is 0 Å². The van der Waals surface area contributed by atoms with Crippen molar-refractivity contribution in [3.63, 3.8) is 0 Å². The zero-order valence-electron chi connectivity index (χ0n) is 12.6. The summed E-state index contributed by atoms with van der Waals surface area (Å²) in [6.45, 7) is 2.99. The lowest BCUT2D eigenvalue weighted by atomic mass is 10.2. The van der Waals surface area contributed by atoms with Crippen LogP contribution in [0.1, 0.15) is 12.0 Å². The van der Waals surface area contributed by atoms with Crippen LogP contribution in [0.2, 0.25) is 0 Å². The Bertz CT molecular complexity index is 363. The van der Waals surface area contributed by atoms with Crippen molar-refractivity contribution in [2.24, 2.45) is 0 Å². The van der Waals surface area contributed by atoms with E-state index in [9.17, 15) is 0 Å². The molecule has 1 N–H and O–H groups in total. The predicted molar refractivity (Wildman–Crippen MR) is 88.9 cm³/mol. The molecule has 0 aliphatic rings. The molecule has 0 fully saturated rings. The minimum Gasteiger partial charge on any atom is -0.493 e. The number of methoxy groups -OCH3 is 2. The van der Waals surface area contributed by atoms with Crippen LogP contribution < -0.4 is 14.8 Å². The molecular weight excluding hydrogens is 299 g/mol. The molecule has 0 amide bonds. The van der Waals surface area contributed by atoms with E-state index in [4.69, 9.17) is 9.47 Å². The van der Waals surface area contributed by atoms with Crippen LogP contribution in [0.5, 0.6) is 11.5 Å². The lowest BCUT2D eigenvalue weighted by molar-refractivity contribution is 0.354. The maximum atomic E-state index is 5.28. The second kappa shape index (κ2) is 12.1. The minimum absolute atomic E-state index is 0. The van der Waals surface area contributed by atoms with Gasteiger partial charge in [0.05, 0.1) is 14.2 Å². The van der Waals surface area contributed by atoms with Crippen LogP contribution in [0.3, 0.4) is 0 Å². The maximum absolute atomic E-state index is 5.28. The molecule has 0 aliphatic heterocycles. The van der Waals surface area contributed by atoms with Gasteiger partial charge in [-0.1, -0.05) is 6.07 Å². The summed E-state index contributed by atoms with van der Waals surface area (Å²) in [5.74, 6) is 1.55. The topological polar surface area (TPSA) is 33.7 Å². The van der Waals surface area contributed by atoms with Crippen molar-refractivity contribution in [3.05, 3.63) is 23.8 Å². The molecule has 0 aliphatic carbocycles. The van der Waals surface area contributed by atoms with Crippen LogP contribution in [0.15, 0.2) is 18.2 Å². The van der Waals surface area contributed by atoms with E-state index >= 15 is 0 Å². The lowest BCUT2D eigenvalue weighted by Gasteiger charge is -2.11. The van der Waals surface area contributed by atoms with Crippen LogP contribution in [0, 0.1) is 0 Å². The van der Waals surface area contributed by atoms with Gasteiger partial charge in [-0.25, -0.2) is 0 Å². The molecule has 1 aromatic carbocycles. The van der Waals surface area contributed by atoms with Gasteiger partial charge >= 0.3 is 0 Å². The van der Waals surface area contributed by atoms with Gasteiger partial charge in [-0.15, -0.1) is 24.8 Å². The molecule has 0 unspecified atom stereocenters. The fourth-order valence-corrected chi connectivity index (χ4v) is 1.74. The fraction of sp³-hybridized carbons (Fsp3) is 0.571. The van der Waals surface area contributed by atoms with Crippen molar-refractivity contribution in [1.29, 1.82) is 0 Å². The summed E-state index contributed by atoms with van der Waals surface area (Å²) in [5.41, 5.74) is 1.21. The van der Waals surface area contributed by atoms with E-state index in [2.05, 4.69) is 30.4 Å². The van der Waals surface area contributed by atoms with Gasteiger partial charge in [0.15, 0.2) is 11.5 Å².